The number of halogens is 1. The van der Waals surface area contributed by atoms with Gasteiger partial charge in [-0.2, -0.15) is 5.26 Å². The zero-order valence-corrected chi connectivity index (χ0v) is 7.57. The maximum atomic E-state index is 8.51. The Morgan fingerprint density at radius 2 is 2.30 bits per heavy atom. The Kier molecular flexibility index (Phi) is 4.99. The van der Waals surface area contributed by atoms with E-state index < -0.39 is 0 Å². The third-order valence-electron chi connectivity index (χ3n) is 0.976. The van der Waals surface area contributed by atoms with Crippen LogP contribution in [0.4, 0.5) is 0 Å². The Morgan fingerprint density at radius 1 is 1.70 bits per heavy atom. The molecule has 0 aromatic heterocycles. The second-order valence-electron chi connectivity index (χ2n) is 1.67. The van der Waals surface area contributed by atoms with E-state index in [0.717, 1.165) is 4.48 Å². The number of likely N-dealkylation sites (N-methyl/N-ethyl adjacent to an activating group) is 1. The highest BCUT2D eigenvalue weighted by Gasteiger charge is 2.05. The first-order valence-electron chi connectivity index (χ1n) is 2.86. The third kappa shape index (κ3) is 2.85. The van der Waals surface area contributed by atoms with Crippen molar-refractivity contribution in [2.24, 2.45) is 0 Å². The van der Waals surface area contributed by atoms with Gasteiger partial charge >= 0.3 is 0 Å². The lowest BCUT2D eigenvalue weighted by atomic mass is 10.3. The second kappa shape index (κ2) is 5.27. The molecular formula is C6H10BrN3. The number of nitriles is 1. The molecular weight excluding hydrogens is 194 g/mol. The lowest BCUT2D eigenvalue weighted by Gasteiger charge is -2.04. The Hall–Kier alpha value is -0.530. The molecule has 0 radical (unpaired) electrons. The Bertz CT molecular complexity index is 159. The van der Waals surface area contributed by atoms with Crippen molar-refractivity contribution in [1.29, 1.82) is 5.26 Å². The molecule has 56 valence electrons. The molecule has 3 nitrogen and oxygen atoms in total. The van der Waals surface area contributed by atoms with Crippen LogP contribution in [-0.4, -0.2) is 20.1 Å². The van der Waals surface area contributed by atoms with Crippen LogP contribution in [0.5, 0.6) is 0 Å². The quantitative estimate of drug-likeness (QED) is 0.705. The molecule has 0 aliphatic carbocycles. The standard InChI is InChI=1S/C6H10BrN3/c1-9-4-5(7)6(3-8)10-2/h4,6,9-10H,1-2H3/b5-4+. The van der Waals surface area contributed by atoms with Crippen LogP contribution in [0.2, 0.25) is 0 Å². The maximum Gasteiger partial charge on any atom is 0.129 e. The highest BCUT2D eigenvalue weighted by atomic mass is 79.9. The molecule has 0 aliphatic heterocycles. The molecule has 0 spiro atoms. The fourth-order valence-electron chi connectivity index (χ4n) is 0.485. The van der Waals surface area contributed by atoms with E-state index in [0.29, 0.717) is 0 Å². The van der Waals surface area contributed by atoms with E-state index in [2.05, 4.69) is 32.6 Å². The van der Waals surface area contributed by atoms with Crippen LogP contribution in [0.3, 0.4) is 0 Å². The predicted molar refractivity (Wildman–Crippen MR) is 44.5 cm³/mol. The molecule has 0 amide bonds. The van der Waals surface area contributed by atoms with Gasteiger partial charge in [-0.25, -0.2) is 0 Å². The summed E-state index contributed by atoms with van der Waals surface area (Å²) in [5, 5.41) is 14.1. The summed E-state index contributed by atoms with van der Waals surface area (Å²) in [7, 11) is 3.52. The van der Waals surface area contributed by atoms with Gasteiger partial charge in [0.2, 0.25) is 0 Å². The molecule has 0 aromatic rings. The van der Waals surface area contributed by atoms with Crippen LogP contribution in [0.15, 0.2) is 10.7 Å². The van der Waals surface area contributed by atoms with Crippen LogP contribution in [0, 0.1) is 11.3 Å². The van der Waals surface area contributed by atoms with Gasteiger partial charge in [-0.1, -0.05) is 15.9 Å². The van der Waals surface area contributed by atoms with Crippen molar-refractivity contribution >= 4 is 15.9 Å². The minimum absolute atomic E-state index is 0.257. The maximum absolute atomic E-state index is 8.51. The van der Waals surface area contributed by atoms with Gasteiger partial charge in [-0.15, -0.1) is 0 Å². The number of hydrogen-bond donors (Lipinski definition) is 2. The summed E-state index contributed by atoms with van der Waals surface area (Å²) >= 11 is 3.24. The Morgan fingerprint density at radius 3 is 2.60 bits per heavy atom. The first-order valence-corrected chi connectivity index (χ1v) is 3.65. The molecule has 1 atom stereocenters. The largest absolute Gasteiger partial charge is 0.393 e. The number of nitrogens with one attached hydrogen (secondary N) is 2. The van der Waals surface area contributed by atoms with Crippen LogP contribution in [0.25, 0.3) is 0 Å². The summed E-state index contributed by atoms with van der Waals surface area (Å²) in [6.07, 6.45) is 1.73. The summed E-state index contributed by atoms with van der Waals surface area (Å²) in [4.78, 5) is 0. The molecule has 0 saturated carbocycles. The van der Waals surface area contributed by atoms with Crippen molar-refractivity contribution in [2.75, 3.05) is 14.1 Å². The molecule has 0 aromatic carbocycles. The fourth-order valence-corrected chi connectivity index (χ4v) is 1.05. The molecule has 0 saturated heterocycles. The molecule has 0 heterocycles. The minimum atomic E-state index is -0.257. The summed E-state index contributed by atoms with van der Waals surface area (Å²) in [6.45, 7) is 0. The SMILES string of the molecule is CN/C=C(/Br)C(C#N)NC. The van der Waals surface area contributed by atoms with E-state index in [1.165, 1.54) is 0 Å². The van der Waals surface area contributed by atoms with Gasteiger partial charge < -0.3 is 10.6 Å². The highest BCUT2D eigenvalue weighted by Crippen LogP contribution is 2.07. The molecule has 0 fully saturated rings. The summed E-state index contributed by atoms with van der Waals surface area (Å²) in [6, 6.07) is 1.81. The summed E-state index contributed by atoms with van der Waals surface area (Å²) < 4.78 is 0.806. The van der Waals surface area contributed by atoms with E-state index in [1.54, 1.807) is 20.3 Å². The fraction of sp³-hybridized carbons (Fsp3) is 0.500. The van der Waals surface area contributed by atoms with Gasteiger partial charge in [0.05, 0.1) is 6.07 Å². The lowest BCUT2D eigenvalue weighted by molar-refractivity contribution is 0.789. The van der Waals surface area contributed by atoms with Crippen LogP contribution >= 0.6 is 15.9 Å². The Labute approximate surface area is 69.2 Å². The van der Waals surface area contributed by atoms with Gasteiger partial charge in [0.1, 0.15) is 6.04 Å². The van der Waals surface area contributed by atoms with Crippen molar-refractivity contribution in [3.05, 3.63) is 10.7 Å². The first kappa shape index (κ1) is 9.47. The van der Waals surface area contributed by atoms with Gasteiger partial charge in [0, 0.05) is 17.7 Å². The van der Waals surface area contributed by atoms with E-state index in [1.807, 2.05) is 0 Å². The number of nitrogens with zero attached hydrogens (tertiary/aromatic N) is 1. The van der Waals surface area contributed by atoms with Crippen LogP contribution < -0.4 is 10.6 Å². The van der Waals surface area contributed by atoms with Crippen molar-refractivity contribution in [3.63, 3.8) is 0 Å². The molecule has 0 rings (SSSR count). The topological polar surface area (TPSA) is 47.9 Å². The molecule has 2 N–H and O–H groups in total. The molecule has 0 aliphatic rings. The third-order valence-corrected chi connectivity index (χ3v) is 1.66. The molecule has 10 heavy (non-hydrogen) atoms. The molecule has 4 heteroatoms. The summed E-state index contributed by atoms with van der Waals surface area (Å²) in [5.41, 5.74) is 0. The van der Waals surface area contributed by atoms with Gasteiger partial charge in [-0.3, -0.25) is 0 Å². The van der Waals surface area contributed by atoms with Crippen molar-refractivity contribution in [3.8, 4) is 6.07 Å². The van der Waals surface area contributed by atoms with E-state index in [4.69, 9.17) is 5.26 Å². The van der Waals surface area contributed by atoms with E-state index in [-0.39, 0.29) is 6.04 Å². The Balaban J connectivity index is 4.04. The van der Waals surface area contributed by atoms with Gasteiger partial charge in [0.25, 0.3) is 0 Å². The normalized spacial score (nSPS) is 14.0. The van der Waals surface area contributed by atoms with Gasteiger partial charge in [-0.05, 0) is 7.05 Å². The minimum Gasteiger partial charge on any atom is -0.393 e. The predicted octanol–water partition coefficient (Wildman–Crippen LogP) is 0.554. The highest BCUT2D eigenvalue weighted by molar-refractivity contribution is 9.11. The lowest BCUT2D eigenvalue weighted by Crippen LogP contribution is -2.23. The summed E-state index contributed by atoms with van der Waals surface area (Å²) in [5.74, 6) is 0. The number of hydrogen-bond acceptors (Lipinski definition) is 3. The van der Waals surface area contributed by atoms with Crippen LogP contribution in [-0.2, 0) is 0 Å². The van der Waals surface area contributed by atoms with Gasteiger partial charge in [0.15, 0.2) is 0 Å². The smallest absolute Gasteiger partial charge is 0.129 e. The van der Waals surface area contributed by atoms with Crippen molar-refractivity contribution in [2.45, 2.75) is 6.04 Å². The average Bonchev–Trinajstić information content (AvgIpc) is 1.91. The molecule has 1 unspecified atom stereocenters. The monoisotopic (exact) mass is 203 g/mol. The van der Waals surface area contributed by atoms with Crippen molar-refractivity contribution < 1.29 is 0 Å². The zero-order valence-electron chi connectivity index (χ0n) is 5.98. The number of rotatable bonds is 3. The van der Waals surface area contributed by atoms with E-state index in [9.17, 15) is 0 Å². The van der Waals surface area contributed by atoms with Crippen molar-refractivity contribution in [1.82, 2.24) is 10.6 Å². The van der Waals surface area contributed by atoms with E-state index >= 15 is 0 Å². The first-order chi connectivity index (χ1) is 4.76. The average molecular weight is 204 g/mol. The second-order valence-corrected chi connectivity index (χ2v) is 2.58. The van der Waals surface area contributed by atoms with Crippen LogP contribution in [0.1, 0.15) is 0 Å². The molecule has 0 bridgehead atoms. The zero-order chi connectivity index (χ0) is 7.98.